The number of carbonyl (C=O) groups is 1. The van der Waals surface area contributed by atoms with Crippen LogP contribution < -0.4 is 4.74 Å². The standard InChI is InChI=1S/C12H15NO2/c1-15-12-5-3-2-4-10(12)8-13-7-6-11(14)9-13/h2-5H,6-9H2,1H3. The number of benzene rings is 1. The van der Waals surface area contributed by atoms with Crippen molar-refractivity contribution < 1.29 is 9.53 Å². The summed E-state index contributed by atoms with van der Waals surface area (Å²) in [5, 5.41) is 0. The molecular weight excluding hydrogens is 190 g/mol. The van der Waals surface area contributed by atoms with Crippen molar-refractivity contribution in [2.24, 2.45) is 0 Å². The van der Waals surface area contributed by atoms with E-state index < -0.39 is 0 Å². The quantitative estimate of drug-likeness (QED) is 0.748. The molecule has 2 rings (SSSR count). The smallest absolute Gasteiger partial charge is 0.148 e. The maximum atomic E-state index is 11.1. The Morgan fingerprint density at radius 1 is 1.40 bits per heavy atom. The molecule has 1 heterocycles. The number of ketones is 1. The zero-order chi connectivity index (χ0) is 10.7. The normalized spacial score (nSPS) is 17.0. The van der Waals surface area contributed by atoms with Crippen molar-refractivity contribution in [1.29, 1.82) is 0 Å². The lowest BCUT2D eigenvalue weighted by Crippen LogP contribution is -2.20. The maximum Gasteiger partial charge on any atom is 0.148 e. The zero-order valence-corrected chi connectivity index (χ0v) is 8.90. The van der Waals surface area contributed by atoms with E-state index in [-0.39, 0.29) is 0 Å². The highest BCUT2D eigenvalue weighted by molar-refractivity contribution is 5.82. The molecule has 1 saturated heterocycles. The van der Waals surface area contributed by atoms with Crippen molar-refractivity contribution in [2.75, 3.05) is 20.2 Å². The predicted molar refractivity (Wildman–Crippen MR) is 57.9 cm³/mol. The molecule has 0 spiro atoms. The van der Waals surface area contributed by atoms with E-state index in [0.717, 1.165) is 24.4 Å². The van der Waals surface area contributed by atoms with Gasteiger partial charge in [-0.25, -0.2) is 0 Å². The molecule has 3 nitrogen and oxygen atoms in total. The number of hydrogen-bond acceptors (Lipinski definition) is 3. The molecule has 0 atom stereocenters. The second-order valence-corrected chi connectivity index (χ2v) is 3.81. The summed E-state index contributed by atoms with van der Waals surface area (Å²) in [7, 11) is 1.67. The first-order valence-corrected chi connectivity index (χ1v) is 5.15. The molecule has 0 amide bonds. The summed E-state index contributed by atoms with van der Waals surface area (Å²) in [6, 6.07) is 7.95. The van der Waals surface area contributed by atoms with E-state index in [9.17, 15) is 4.79 Å². The van der Waals surface area contributed by atoms with Gasteiger partial charge in [-0.2, -0.15) is 0 Å². The molecule has 1 fully saturated rings. The van der Waals surface area contributed by atoms with Crippen molar-refractivity contribution in [3.8, 4) is 5.75 Å². The van der Waals surface area contributed by atoms with Crippen LogP contribution >= 0.6 is 0 Å². The molecule has 0 radical (unpaired) electrons. The van der Waals surface area contributed by atoms with Crippen LogP contribution in [0.3, 0.4) is 0 Å². The van der Waals surface area contributed by atoms with Gasteiger partial charge in [0.15, 0.2) is 0 Å². The molecule has 0 N–H and O–H groups in total. The monoisotopic (exact) mass is 205 g/mol. The summed E-state index contributed by atoms with van der Waals surface area (Å²) >= 11 is 0. The molecule has 1 aromatic rings. The Morgan fingerprint density at radius 2 is 2.20 bits per heavy atom. The Kier molecular flexibility index (Phi) is 3.02. The molecule has 0 aromatic heterocycles. The molecule has 1 aromatic carbocycles. The number of carbonyl (C=O) groups excluding carboxylic acids is 1. The van der Waals surface area contributed by atoms with Gasteiger partial charge in [-0.05, 0) is 6.07 Å². The fraction of sp³-hybridized carbons (Fsp3) is 0.417. The van der Waals surface area contributed by atoms with Gasteiger partial charge in [0.25, 0.3) is 0 Å². The van der Waals surface area contributed by atoms with Gasteiger partial charge in [-0.1, -0.05) is 18.2 Å². The van der Waals surface area contributed by atoms with E-state index >= 15 is 0 Å². The van der Waals surface area contributed by atoms with E-state index in [4.69, 9.17) is 4.74 Å². The predicted octanol–water partition coefficient (Wildman–Crippen LogP) is 1.47. The van der Waals surface area contributed by atoms with Crippen molar-refractivity contribution in [1.82, 2.24) is 4.90 Å². The number of likely N-dealkylation sites (tertiary alicyclic amines) is 1. The average Bonchev–Trinajstić information content (AvgIpc) is 2.65. The van der Waals surface area contributed by atoms with Gasteiger partial charge in [0.05, 0.1) is 13.7 Å². The highest BCUT2D eigenvalue weighted by Crippen LogP contribution is 2.20. The van der Waals surface area contributed by atoms with Gasteiger partial charge in [-0.15, -0.1) is 0 Å². The lowest BCUT2D eigenvalue weighted by molar-refractivity contribution is -0.116. The zero-order valence-electron chi connectivity index (χ0n) is 8.90. The topological polar surface area (TPSA) is 29.5 Å². The van der Waals surface area contributed by atoms with E-state index in [0.29, 0.717) is 18.7 Å². The van der Waals surface area contributed by atoms with Crippen molar-refractivity contribution in [3.63, 3.8) is 0 Å². The first kappa shape index (κ1) is 10.2. The van der Waals surface area contributed by atoms with Crippen LogP contribution in [-0.4, -0.2) is 30.9 Å². The number of para-hydroxylation sites is 1. The third kappa shape index (κ3) is 2.36. The Balaban J connectivity index is 2.07. The minimum Gasteiger partial charge on any atom is -0.496 e. The fourth-order valence-electron chi connectivity index (χ4n) is 1.90. The number of nitrogens with zero attached hydrogens (tertiary/aromatic N) is 1. The van der Waals surface area contributed by atoms with Gasteiger partial charge < -0.3 is 4.74 Å². The SMILES string of the molecule is COc1ccccc1CN1CCC(=O)C1. The summed E-state index contributed by atoms with van der Waals surface area (Å²) < 4.78 is 5.27. The second kappa shape index (κ2) is 4.45. The van der Waals surface area contributed by atoms with Crippen LogP contribution in [0, 0.1) is 0 Å². The summed E-state index contributed by atoms with van der Waals surface area (Å²) in [6.07, 6.45) is 0.690. The fourth-order valence-corrected chi connectivity index (χ4v) is 1.90. The van der Waals surface area contributed by atoms with Crippen LogP contribution in [-0.2, 0) is 11.3 Å². The van der Waals surface area contributed by atoms with Gasteiger partial charge in [0.1, 0.15) is 11.5 Å². The third-order valence-electron chi connectivity index (χ3n) is 2.69. The summed E-state index contributed by atoms with van der Waals surface area (Å²) in [5.41, 5.74) is 1.15. The minimum atomic E-state index is 0.338. The van der Waals surface area contributed by atoms with Crippen LogP contribution in [0.4, 0.5) is 0 Å². The average molecular weight is 205 g/mol. The molecule has 0 aliphatic carbocycles. The summed E-state index contributed by atoms with van der Waals surface area (Å²) in [6.45, 7) is 2.25. The molecule has 0 unspecified atom stereocenters. The van der Waals surface area contributed by atoms with Crippen molar-refractivity contribution >= 4 is 5.78 Å². The van der Waals surface area contributed by atoms with E-state index in [1.54, 1.807) is 7.11 Å². The largest absolute Gasteiger partial charge is 0.496 e. The maximum absolute atomic E-state index is 11.1. The molecule has 0 bridgehead atoms. The van der Waals surface area contributed by atoms with Gasteiger partial charge in [-0.3, -0.25) is 9.69 Å². The second-order valence-electron chi connectivity index (χ2n) is 3.81. The number of hydrogen-bond donors (Lipinski definition) is 0. The van der Waals surface area contributed by atoms with Crippen LogP contribution in [0.5, 0.6) is 5.75 Å². The van der Waals surface area contributed by atoms with E-state index in [1.165, 1.54) is 0 Å². The van der Waals surface area contributed by atoms with Crippen LogP contribution in [0.25, 0.3) is 0 Å². The summed E-state index contributed by atoms with van der Waals surface area (Å²) in [5.74, 6) is 1.24. The van der Waals surface area contributed by atoms with Crippen LogP contribution in [0.15, 0.2) is 24.3 Å². The van der Waals surface area contributed by atoms with Gasteiger partial charge in [0.2, 0.25) is 0 Å². The van der Waals surface area contributed by atoms with Gasteiger partial charge >= 0.3 is 0 Å². The lowest BCUT2D eigenvalue weighted by Gasteiger charge is -2.15. The molecule has 80 valence electrons. The first-order valence-electron chi connectivity index (χ1n) is 5.15. The van der Waals surface area contributed by atoms with Crippen molar-refractivity contribution in [2.45, 2.75) is 13.0 Å². The van der Waals surface area contributed by atoms with E-state index in [2.05, 4.69) is 4.90 Å². The minimum absolute atomic E-state index is 0.338. The molecule has 1 aliphatic heterocycles. The number of Topliss-reactive ketones (excluding diaryl/α,β-unsaturated/α-hetero) is 1. The molecule has 15 heavy (non-hydrogen) atoms. The van der Waals surface area contributed by atoms with Crippen LogP contribution in [0.2, 0.25) is 0 Å². The highest BCUT2D eigenvalue weighted by Gasteiger charge is 2.19. The van der Waals surface area contributed by atoms with Gasteiger partial charge in [0, 0.05) is 25.1 Å². The Morgan fingerprint density at radius 3 is 2.87 bits per heavy atom. The Bertz CT molecular complexity index is 362. The van der Waals surface area contributed by atoms with Crippen molar-refractivity contribution in [3.05, 3.63) is 29.8 Å². The summed E-state index contributed by atoms with van der Waals surface area (Å²) in [4.78, 5) is 13.3. The molecule has 1 aliphatic rings. The number of rotatable bonds is 3. The molecule has 3 heteroatoms. The van der Waals surface area contributed by atoms with E-state index in [1.807, 2.05) is 24.3 Å². The lowest BCUT2D eigenvalue weighted by atomic mass is 10.2. The molecular formula is C12H15NO2. The highest BCUT2D eigenvalue weighted by atomic mass is 16.5. The molecule has 0 saturated carbocycles. The third-order valence-corrected chi connectivity index (χ3v) is 2.69. The first-order chi connectivity index (χ1) is 7.29. The van der Waals surface area contributed by atoms with Crippen LogP contribution in [0.1, 0.15) is 12.0 Å². The number of ether oxygens (including phenoxy) is 1. The Hall–Kier alpha value is -1.35. The number of methoxy groups -OCH3 is 1. The Labute approximate surface area is 89.7 Å².